The fourth-order valence-corrected chi connectivity index (χ4v) is 2.34. The number of benzene rings is 1. The van der Waals surface area contributed by atoms with E-state index in [0.717, 1.165) is 18.9 Å². The van der Waals surface area contributed by atoms with Gasteiger partial charge in [0.15, 0.2) is 0 Å². The third-order valence-corrected chi connectivity index (χ3v) is 3.77. The predicted octanol–water partition coefficient (Wildman–Crippen LogP) is 2.81. The van der Waals surface area contributed by atoms with Gasteiger partial charge >= 0.3 is 0 Å². The number of rotatable bonds is 4. The predicted molar refractivity (Wildman–Crippen MR) is 74.4 cm³/mol. The van der Waals surface area contributed by atoms with Gasteiger partial charge in [-0.05, 0) is 18.9 Å². The molecule has 0 bridgehead atoms. The Balaban J connectivity index is 2.11. The Bertz CT molecular complexity index is 545. The Morgan fingerprint density at radius 2 is 2.25 bits per heavy atom. The van der Waals surface area contributed by atoms with Crippen molar-refractivity contribution in [2.75, 3.05) is 13.2 Å². The summed E-state index contributed by atoms with van der Waals surface area (Å²) in [6.07, 6.45) is 1.86. The van der Waals surface area contributed by atoms with E-state index in [4.69, 9.17) is 27.9 Å². The lowest BCUT2D eigenvalue weighted by Gasteiger charge is -2.11. The highest BCUT2D eigenvalue weighted by molar-refractivity contribution is 6.43. The number of nitro groups is 1. The Hall–Kier alpha value is -1.37. The molecule has 1 amide bonds. The van der Waals surface area contributed by atoms with Crippen LogP contribution in [0.25, 0.3) is 0 Å². The van der Waals surface area contributed by atoms with Gasteiger partial charge in [0.25, 0.3) is 11.6 Å². The Labute approximate surface area is 125 Å². The molecule has 1 fully saturated rings. The van der Waals surface area contributed by atoms with Crippen LogP contribution in [0.4, 0.5) is 5.69 Å². The maximum atomic E-state index is 11.9. The van der Waals surface area contributed by atoms with E-state index in [1.807, 2.05) is 0 Å². The fourth-order valence-electron chi connectivity index (χ4n) is 1.95. The second-order valence-corrected chi connectivity index (χ2v) is 5.18. The van der Waals surface area contributed by atoms with Crippen LogP contribution in [0.5, 0.6) is 0 Å². The summed E-state index contributed by atoms with van der Waals surface area (Å²) in [6.45, 7) is 1.06. The summed E-state index contributed by atoms with van der Waals surface area (Å²) in [6, 6.07) is 2.42. The van der Waals surface area contributed by atoms with Gasteiger partial charge in [0.1, 0.15) is 5.02 Å². The molecule has 20 heavy (non-hydrogen) atoms. The van der Waals surface area contributed by atoms with E-state index in [0.29, 0.717) is 13.2 Å². The van der Waals surface area contributed by atoms with Crippen LogP contribution in [0, 0.1) is 10.1 Å². The molecule has 2 rings (SSSR count). The van der Waals surface area contributed by atoms with Gasteiger partial charge in [-0.3, -0.25) is 14.9 Å². The van der Waals surface area contributed by atoms with E-state index in [-0.39, 0.29) is 27.4 Å². The number of carbonyl (C=O) groups is 1. The fraction of sp³-hybridized carbons (Fsp3) is 0.417. The molecular formula is C12H12Cl2N2O4. The van der Waals surface area contributed by atoms with Crippen molar-refractivity contribution in [2.45, 2.75) is 18.9 Å². The monoisotopic (exact) mass is 318 g/mol. The van der Waals surface area contributed by atoms with E-state index in [1.54, 1.807) is 0 Å². The Morgan fingerprint density at radius 3 is 2.85 bits per heavy atom. The minimum Gasteiger partial charge on any atom is -0.376 e. The second-order valence-electron chi connectivity index (χ2n) is 4.39. The van der Waals surface area contributed by atoms with Crippen molar-refractivity contribution in [2.24, 2.45) is 0 Å². The smallest absolute Gasteiger partial charge is 0.290 e. The molecule has 1 saturated heterocycles. The van der Waals surface area contributed by atoms with E-state index in [9.17, 15) is 14.9 Å². The summed E-state index contributed by atoms with van der Waals surface area (Å²) in [4.78, 5) is 22.1. The Kier molecular flexibility index (Phi) is 4.80. The zero-order valence-corrected chi connectivity index (χ0v) is 11.9. The first-order valence-electron chi connectivity index (χ1n) is 6.02. The molecule has 1 N–H and O–H groups in total. The molecule has 1 unspecified atom stereocenters. The average molecular weight is 319 g/mol. The summed E-state index contributed by atoms with van der Waals surface area (Å²) in [7, 11) is 0. The topological polar surface area (TPSA) is 81.5 Å². The molecule has 0 saturated carbocycles. The van der Waals surface area contributed by atoms with Crippen LogP contribution in [-0.4, -0.2) is 30.1 Å². The van der Waals surface area contributed by atoms with Crippen molar-refractivity contribution in [1.82, 2.24) is 5.32 Å². The first-order chi connectivity index (χ1) is 9.49. The molecule has 0 aromatic heterocycles. The number of halogens is 2. The van der Waals surface area contributed by atoms with Crippen LogP contribution in [0.1, 0.15) is 23.2 Å². The number of hydrogen-bond donors (Lipinski definition) is 1. The number of nitro benzene ring substituents is 1. The standard InChI is InChI=1S/C12H12Cl2N2O4/c13-9-4-7(5-10(11(9)14)16(18)19)12(17)15-6-8-2-1-3-20-8/h4-5,8H,1-3,6H2,(H,15,17). The van der Waals surface area contributed by atoms with E-state index < -0.39 is 10.8 Å². The number of amides is 1. The molecule has 8 heteroatoms. The minimum atomic E-state index is -0.676. The lowest BCUT2D eigenvalue weighted by molar-refractivity contribution is -0.384. The van der Waals surface area contributed by atoms with Crippen molar-refractivity contribution in [3.63, 3.8) is 0 Å². The summed E-state index contributed by atoms with van der Waals surface area (Å²) in [5, 5.41) is 13.3. The molecule has 1 heterocycles. The molecule has 1 aromatic rings. The summed E-state index contributed by atoms with van der Waals surface area (Å²) < 4.78 is 5.37. The summed E-state index contributed by atoms with van der Waals surface area (Å²) in [5.41, 5.74) is -0.287. The highest BCUT2D eigenvalue weighted by atomic mass is 35.5. The maximum Gasteiger partial charge on any atom is 0.290 e. The van der Waals surface area contributed by atoms with Gasteiger partial charge in [-0.25, -0.2) is 0 Å². The lowest BCUT2D eigenvalue weighted by atomic mass is 10.1. The van der Waals surface area contributed by atoms with Crippen molar-refractivity contribution >= 4 is 34.8 Å². The van der Waals surface area contributed by atoms with E-state index >= 15 is 0 Å². The van der Waals surface area contributed by atoms with Gasteiger partial charge in [-0.2, -0.15) is 0 Å². The first kappa shape index (κ1) is 15.0. The van der Waals surface area contributed by atoms with Crippen molar-refractivity contribution in [3.05, 3.63) is 37.9 Å². The number of nitrogens with zero attached hydrogens (tertiary/aromatic N) is 1. The van der Waals surface area contributed by atoms with Crippen LogP contribution in [0.15, 0.2) is 12.1 Å². The molecule has 0 spiro atoms. The quantitative estimate of drug-likeness (QED) is 0.683. The van der Waals surface area contributed by atoms with Crippen LogP contribution < -0.4 is 5.32 Å². The zero-order valence-electron chi connectivity index (χ0n) is 10.4. The van der Waals surface area contributed by atoms with E-state index in [1.165, 1.54) is 6.07 Å². The number of nitrogens with one attached hydrogen (secondary N) is 1. The van der Waals surface area contributed by atoms with E-state index in [2.05, 4.69) is 5.32 Å². The summed E-state index contributed by atoms with van der Waals surface area (Å²) in [5.74, 6) is -0.442. The highest BCUT2D eigenvalue weighted by Gasteiger charge is 2.21. The van der Waals surface area contributed by atoms with Crippen LogP contribution in [0.3, 0.4) is 0 Å². The highest BCUT2D eigenvalue weighted by Crippen LogP contribution is 2.33. The largest absolute Gasteiger partial charge is 0.376 e. The number of ether oxygens (including phenoxy) is 1. The molecule has 1 aromatic carbocycles. The molecule has 1 aliphatic rings. The minimum absolute atomic E-state index is 0.00305. The maximum absolute atomic E-state index is 11.9. The van der Waals surface area contributed by atoms with Crippen LogP contribution in [0.2, 0.25) is 10.0 Å². The van der Waals surface area contributed by atoms with Crippen molar-refractivity contribution in [3.8, 4) is 0 Å². The van der Waals surface area contributed by atoms with Gasteiger partial charge < -0.3 is 10.1 Å². The second kappa shape index (κ2) is 6.39. The van der Waals surface area contributed by atoms with Gasteiger partial charge in [-0.1, -0.05) is 23.2 Å². The van der Waals surface area contributed by atoms with Gasteiger partial charge in [0, 0.05) is 24.8 Å². The molecule has 1 atom stereocenters. The SMILES string of the molecule is O=C(NCC1CCCO1)c1cc(Cl)c(Cl)c([N+](=O)[O-])c1. The lowest BCUT2D eigenvalue weighted by Crippen LogP contribution is -2.31. The molecule has 6 nitrogen and oxygen atoms in total. The van der Waals surface area contributed by atoms with Crippen LogP contribution in [-0.2, 0) is 4.74 Å². The number of hydrogen-bond acceptors (Lipinski definition) is 4. The number of carbonyl (C=O) groups excluding carboxylic acids is 1. The molecular weight excluding hydrogens is 307 g/mol. The molecule has 0 radical (unpaired) electrons. The zero-order chi connectivity index (χ0) is 14.7. The van der Waals surface area contributed by atoms with Crippen molar-refractivity contribution < 1.29 is 14.5 Å². The summed E-state index contributed by atoms with van der Waals surface area (Å²) >= 11 is 11.5. The third kappa shape index (κ3) is 3.39. The normalized spacial score (nSPS) is 18.0. The molecule has 0 aliphatic carbocycles. The average Bonchev–Trinajstić information content (AvgIpc) is 2.91. The van der Waals surface area contributed by atoms with Gasteiger partial charge in [0.05, 0.1) is 16.0 Å². The Morgan fingerprint density at radius 1 is 1.50 bits per heavy atom. The first-order valence-corrected chi connectivity index (χ1v) is 6.78. The molecule has 1 aliphatic heterocycles. The molecule has 108 valence electrons. The van der Waals surface area contributed by atoms with Gasteiger partial charge in [0.2, 0.25) is 0 Å². The van der Waals surface area contributed by atoms with Crippen LogP contribution >= 0.6 is 23.2 Å². The van der Waals surface area contributed by atoms with Crippen molar-refractivity contribution in [1.29, 1.82) is 0 Å². The van der Waals surface area contributed by atoms with Gasteiger partial charge in [-0.15, -0.1) is 0 Å². The third-order valence-electron chi connectivity index (χ3n) is 2.98.